The van der Waals surface area contributed by atoms with Crippen LogP contribution in [0.4, 0.5) is 5.69 Å². The lowest BCUT2D eigenvalue weighted by Crippen LogP contribution is -2.39. The van der Waals surface area contributed by atoms with Crippen molar-refractivity contribution < 1.29 is 0 Å². The van der Waals surface area contributed by atoms with Crippen molar-refractivity contribution in [2.24, 2.45) is 4.99 Å². The van der Waals surface area contributed by atoms with Gasteiger partial charge in [-0.25, -0.2) is 4.99 Å². The Morgan fingerprint density at radius 2 is 1.25 bits per heavy atom. The first-order chi connectivity index (χ1) is 13.8. The van der Waals surface area contributed by atoms with Crippen molar-refractivity contribution in [3.05, 3.63) is 102 Å². The van der Waals surface area contributed by atoms with Gasteiger partial charge in [0.25, 0.3) is 0 Å². The molecule has 142 valence electrons. The number of benzene rings is 3. The van der Waals surface area contributed by atoms with Crippen LogP contribution in [0.5, 0.6) is 0 Å². The van der Waals surface area contributed by atoms with E-state index >= 15 is 0 Å². The Morgan fingerprint density at radius 1 is 0.714 bits per heavy atom. The Kier molecular flexibility index (Phi) is 5.86. The maximum atomic E-state index is 5.22. The summed E-state index contributed by atoms with van der Waals surface area (Å²) in [5.41, 5.74) is 4.89. The molecular weight excluding hydrogens is 340 g/mol. The van der Waals surface area contributed by atoms with E-state index < -0.39 is 0 Å². The molecule has 1 heterocycles. The zero-order valence-corrected chi connectivity index (χ0v) is 16.6. The van der Waals surface area contributed by atoms with Crippen LogP contribution in [0.15, 0.2) is 89.9 Å². The van der Waals surface area contributed by atoms with Crippen LogP contribution >= 0.6 is 0 Å². The number of amidine groups is 1. The minimum Gasteiger partial charge on any atom is -0.359 e. The van der Waals surface area contributed by atoms with E-state index in [9.17, 15) is 0 Å². The van der Waals surface area contributed by atoms with Crippen molar-refractivity contribution in [1.29, 1.82) is 0 Å². The van der Waals surface area contributed by atoms with E-state index in [1.807, 2.05) is 0 Å². The Hall–Kier alpha value is -2.87. The van der Waals surface area contributed by atoms with Crippen LogP contribution in [0.2, 0.25) is 0 Å². The summed E-state index contributed by atoms with van der Waals surface area (Å²) in [5.74, 6) is 1.31. The topological polar surface area (TPSA) is 15.6 Å². The van der Waals surface area contributed by atoms with Crippen molar-refractivity contribution >= 4 is 11.5 Å². The average Bonchev–Trinajstić information content (AvgIpc) is 2.77. The summed E-state index contributed by atoms with van der Waals surface area (Å²) in [6, 6.07) is 30.2. The number of aryl methyl sites for hydroxylation is 1. The number of rotatable bonds is 4. The molecule has 28 heavy (non-hydrogen) atoms. The van der Waals surface area contributed by atoms with Crippen LogP contribution in [0, 0.1) is 6.92 Å². The third-order valence-corrected chi connectivity index (χ3v) is 5.48. The molecule has 2 heteroatoms. The monoisotopic (exact) mass is 368 g/mol. The molecule has 0 unspecified atom stereocenters. The zero-order chi connectivity index (χ0) is 19.2. The van der Waals surface area contributed by atoms with Crippen LogP contribution in [-0.4, -0.2) is 23.8 Å². The van der Waals surface area contributed by atoms with E-state index in [-0.39, 0.29) is 5.92 Å². The molecule has 1 aliphatic heterocycles. The second-order valence-electron chi connectivity index (χ2n) is 7.61. The van der Waals surface area contributed by atoms with Crippen molar-refractivity contribution in [2.75, 3.05) is 13.1 Å². The van der Waals surface area contributed by atoms with Gasteiger partial charge in [0.15, 0.2) is 0 Å². The van der Waals surface area contributed by atoms with Gasteiger partial charge in [0, 0.05) is 13.1 Å². The molecule has 0 amide bonds. The van der Waals surface area contributed by atoms with Gasteiger partial charge < -0.3 is 4.90 Å². The highest BCUT2D eigenvalue weighted by Crippen LogP contribution is 2.31. The summed E-state index contributed by atoms with van der Waals surface area (Å²) in [4.78, 5) is 7.73. The number of likely N-dealkylation sites (tertiary alicyclic amines) is 1. The van der Waals surface area contributed by atoms with Crippen LogP contribution in [0.3, 0.4) is 0 Å². The van der Waals surface area contributed by atoms with E-state index in [1.54, 1.807) is 0 Å². The minimum atomic E-state index is 0.141. The molecule has 0 N–H and O–H groups in total. The predicted octanol–water partition coefficient (Wildman–Crippen LogP) is 6.34. The highest BCUT2D eigenvalue weighted by molar-refractivity contribution is 5.94. The summed E-state index contributed by atoms with van der Waals surface area (Å²) in [7, 11) is 0. The SMILES string of the molecule is Cc1ccc(N=C(C(c2ccccc2)c2ccccc2)N2CCCCC2)cc1. The molecule has 3 aromatic rings. The molecule has 1 fully saturated rings. The molecule has 0 bridgehead atoms. The van der Waals surface area contributed by atoms with E-state index in [2.05, 4.69) is 96.8 Å². The Labute approximate surface area is 168 Å². The summed E-state index contributed by atoms with van der Waals surface area (Å²) >= 11 is 0. The van der Waals surface area contributed by atoms with E-state index in [0.29, 0.717) is 0 Å². The lowest BCUT2D eigenvalue weighted by Gasteiger charge is -2.34. The van der Waals surface area contributed by atoms with Gasteiger partial charge in [0.2, 0.25) is 0 Å². The van der Waals surface area contributed by atoms with Gasteiger partial charge in [0.1, 0.15) is 5.84 Å². The van der Waals surface area contributed by atoms with Crippen LogP contribution in [0.25, 0.3) is 0 Å². The van der Waals surface area contributed by atoms with Gasteiger partial charge in [-0.3, -0.25) is 0 Å². The van der Waals surface area contributed by atoms with Crippen molar-refractivity contribution in [3.8, 4) is 0 Å². The predicted molar refractivity (Wildman–Crippen MR) is 118 cm³/mol. The van der Waals surface area contributed by atoms with Gasteiger partial charge >= 0.3 is 0 Å². The Balaban J connectivity index is 1.84. The maximum Gasteiger partial charge on any atom is 0.117 e. The number of nitrogens with zero attached hydrogens (tertiary/aromatic N) is 2. The molecular formula is C26H28N2. The number of piperidine rings is 1. The first-order valence-corrected chi connectivity index (χ1v) is 10.3. The summed E-state index contributed by atoms with van der Waals surface area (Å²) in [6.45, 7) is 4.29. The van der Waals surface area contributed by atoms with E-state index in [4.69, 9.17) is 4.99 Å². The Bertz CT molecular complexity index is 853. The lowest BCUT2D eigenvalue weighted by molar-refractivity contribution is 0.335. The summed E-state index contributed by atoms with van der Waals surface area (Å²) in [6.07, 6.45) is 3.79. The van der Waals surface area contributed by atoms with Gasteiger partial charge in [-0.1, -0.05) is 78.4 Å². The van der Waals surface area contributed by atoms with Crippen LogP contribution in [0.1, 0.15) is 41.9 Å². The van der Waals surface area contributed by atoms with Crippen LogP contribution in [-0.2, 0) is 0 Å². The lowest BCUT2D eigenvalue weighted by atomic mass is 9.88. The quantitative estimate of drug-likeness (QED) is 0.387. The molecule has 0 saturated carbocycles. The molecule has 3 aromatic carbocycles. The molecule has 4 rings (SSSR count). The smallest absolute Gasteiger partial charge is 0.117 e. The first-order valence-electron chi connectivity index (χ1n) is 10.3. The van der Waals surface area contributed by atoms with E-state index in [1.165, 1.54) is 41.8 Å². The highest BCUT2D eigenvalue weighted by Gasteiger charge is 2.26. The van der Waals surface area contributed by atoms with Crippen LogP contribution < -0.4 is 0 Å². The molecule has 0 radical (unpaired) electrons. The number of hydrogen-bond acceptors (Lipinski definition) is 1. The van der Waals surface area contributed by atoms with Gasteiger partial charge in [0.05, 0.1) is 11.6 Å². The molecule has 2 nitrogen and oxygen atoms in total. The molecule has 0 spiro atoms. The molecule has 1 aliphatic rings. The molecule has 0 aromatic heterocycles. The second kappa shape index (κ2) is 8.88. The van der Waals surface area contributed by atoms with Gasteiger partial charge in [-0.05, 0) is 49.4 Å². The number of hydrogen-bond donors (Lipinski definition) is 0. The zero-order valence-electron chi connectivity index (χ0n) is 16.6. The molecule has 1 saturated heterocycles. The minimum absolute atomic E-state index is 0.141. The largest absolute Gasteiger partial charge is 0.359 e. The highest BCUT2D eigenvalue weighted by atomic mass is 15.2. The number of aliphatic imine (C=N–C) groups is 1. The van der Waals surface area contributed by atoms with Crippen molar-refractivity contribution in [3.63, 3.8) is 0 Å². The van der Waals surface area contributed by atoms with Gasteiger partial charge in [-0.15, -0.1) is 0 Å². The summed E-state index contributed by atoms with van der Waals surface area (Å²) in [5, 5.41) is 0. The Morgan fingerprint density at radius 3 is 1.79 bits per heavy atom. The first kappa shape index (κ1) is 18.5. The molecule has 0 atom stereocenters. The third-order valence-electron chi connectivity index (χ3n) is 5.48. The fraction of sp³-hybridized carbons (Fsp3) is 0.269. The average molecular weight is 369 g/mol. The summed E-state index contributed by atoms with van der Waals surface area (Å²) < 4.78 is 0. The fourth-order valence-corrected chi connectivity index (χ4v) is 3.97. The fourth-order valence-electron chi connectivity index (χ4n) is 3.97. The maximum absolute atomic E-state index is 5.22. The van der Waals surface area contributed by atoms with Gasteiger partial charge in [-0.2, -0.15) is 0 Å². The normalized spacial score (nSPS) is 15.1. The standard InChI is InChI=1S/C26H28N2/c1-21-15-17-24(18-16-21)27-26(28-19-9-4-10-20-28)25(22-11-5-2-6-12-22)23-13-7-3-8-14-23/h2-3,5-8,11-18,25H,4,9-10,19-20H2,1H3. The second-order valence-corrected chi connectivity index (χ2v) is 7.61. The van der Waals surface area contributed by atoms with Crippen molar-refractivity contribution in [2.45, 2.75) is 32.1 Å². The molecule has 0 aliphatic carbocycles. The van der Waals surface area contributed by atoms with E-state index in [0.717, 1.165) is 18.8 Å². The third kappa shape index (κ3) is 4.33. The van der Waals surface area contributed by atoms with Crippen molar-refractivity contribution in [1.82, 2.24) is 4.90 Å².